The molecular weight excluding hydrogens is 348 g/mol. The molecule has 4 heteroatoms. The van der Waals surface area contributed by atoms with E-state index in [0.29, 0.717) is 12.1 Å². The smallest absolute Gasteiger partial charge is 0.408 e. The van der Waals surface area contributed by atoms with Crippen molar-refractivity contribution < 1.29 is 4.42 Å². The van der Waals surface area contributed by atoms with Crippen LogP contribution in [-0.2, 0) is 19.5 Å². The lowest BCUT2D eigenvalue weighted by Gasteiger charge is -2.22. The number of benzene rings is 3. The Labute approximate surface area is 163 Å². The fourth-order valence-corrected chi connectivity index (χ4v) is 4.18. The van der Waals surface area contributed by atoms with Crippen molar-refractivity contribution in [1.82, 2.24) is 9.88 Å². The summed E-state index contributed by atoms with van der Waals surface area (Å²) in [5.74, 6) is -0.313. The molecule has 0 saturated carbocycles. The normalized spacial score (nSPS) is 13.6. The van der Waals surface area contributed by atoms with E-state index in [2.05, 4.69) is 41.7 Å². The standard InChI is InChI=1S/C24H22N2O2/c1-16-9-10-22-23(13-16)28-24(27)26(22)15-18-5-2-3-7-19(18)20-8-4-6-17-11-12-25-14-21(17)20/h2-10,13,25H,11-12,14-15H2,1H3. The van der Waals surface area contributed by atoms with Crippen LogP contribution in [0.3, 0.4) is 0 Å². The third kappa shape index (κ3) is 2.86. The molecule has 0 fully saturated rings. The lowest BCUT2D eigenvalue weighted by atomic mass is 9.90. The molecule has 0 unspecified atom stereocenters. The minimum atomic E-state index is -0.313. The minimum Gasteiger partial charge on any atom is -0.408 e. The predicted octanol–water partition coefficient (Wildman–Crippen LogP) is 4.26. The number of nitrogens with one attached hydrogen (secondary N) is 1. The minimum absolute atomic E-state index is 0.313. The molecule has 5 rings (SSSR count). The van der Waals surface area contributed by atoms with Gasteiger partial charge in [-0.15, -0.1) is 0 Å². The van der Waals surface area contributed by atoms with E-state index < -0.39 is 0 Å². The highest BCUT2D eigenvalue weighted by Crippen LogP contribution is 2.31. The molecule has 0 radical (unpaired) electrons. The first-order valence-electron chi connectivity index (χ1n) is 9.70. The van der Waals surface area contributed by atoms with Gasteiger partial charge in [0.15, 0.2) is 5.58 Å². The van der Waals surface area contributed by atoms with Crippen LogP contribution in [0, 0.1) is 6.92 Å². The molecule has 4 nitrogen and oxygen atoms in total. The van der Waals surface area contributed by atoms with Crippen LogP contribution in [0.5, 0.6) is 0 Å². The van der Waals surface area contributed by atoms with Gasteiger partial charge >= 0.3 is 5.76 Å². The molecule has 140 valence electrons. The van der Waals surface area contributed by atoms with Gasteiger partial charge in [-0.05, 0) is 65.4 Å². The summed E-state index contributed by atoms with van der Waals surface area (Å²) in [5.41, 5.74) is 8.87. The summed E-state index contributed by atoms with van der Waals surface area (Å²) in [6.45, 7) is 4.39. The van der Waals surface area contributed by atoms with E-state index in [4.69, 9.17) is 4.42 Å². The molecule has 1 aliphatic heterocycles. The highest BCUT2D eigenvalue weighted by atomic mass is 16.4. The maximum atomic E-state index is 12.5. The Kier molecular flexibility index (Phi) is 4.14. The molecule has 0 amide bonds. The third-order valence-electron chi connectivity index (χ3n) is 5.61. The van der Waals surface area contributed by atoms with Gasteiger partial charge in [-0.2, -0.15) is 0 Å². The molecule has 0 atom stereocenters. The second kappa shape index (κ2) is 6.80. The number of oxazole rings is 1. The van der Waals surface area contributed by atoms with Crippen LogP contribution in [0.15, 0.2) is 69.9 Å². The first-order valence-corrected chi connectivity index (χ1v) is 9.70. The molecule has 0 saturated heterocycles. The lowest BCUT2D eigenvalue weighted by molar-refractivity contribution is 0.518. The molecule has 3 aromatic carbocycles. The Morgan fingerprint density at radius 1 is 1.04 bits per heavy atom. The molecule has 1 N–H and O–H groups in total. The van der Waals surface area contributed by atoms with Gasteiger partial charge in [-0.25, -0.2) is 4.79 Å². The number of rotatable bonds is 3. The van der Waals surface area contributed by atoms with E-state index in [-0.39, 0.29) is 5.76 Å². The Morgan fingerprint density at radius 2 is 1.89 bits per heavy atom. The van der Waals surface area contributed by atoms with Gasteiger partial charge in [-0.3, -0.25) is 4.57 Å². The van der Waals surface area contributed by atoms with Crippen molar-refractivity contribution in [3.63, 3.8) is 0 Å². The maximum absolute atomic E-state index is 12.5. The van der Waals surface area contributed by atoms with Gasteiger partial charge in [0.05, 0.1) is 12.1 Å². The monoisotopic (exact) mass is 370 g/mol. The number of hydrogen-bond donors (Lipinski definition) is 1. The van der Waals surface area contributed by atoms with Crippen molar-refractivity contribution in [2.45, 2.75) is 26.4 Å². The van der Waals surface area contributed by atoms with E-state index in [1.807, 2.05) is 31.2 Å². The number of fused-ring (bicyclic) bond motifs is 2. The Bertz CT molecular complexity index is 1230. The van der Waals surface area contributed by atoms with Crippen LogP contribution < -0.4 is 11.1 Å². The van der Waals surface area contributed by atoms with E-state index in [9.17, 15) is 4.79 Å². The molecule has 0 spiro atoms. The Hall–Kier alpha value is -3.11. The zero-order chi connectivity index (χ0) is 19.1. The van der Waals surface area contributed by atoms with Crippen LogP contribution in [0.25, 0.3) is 22.2 Å². The van der Waals surface area contributed by atoms with Crippen LogP contribution in [0.2, 0.25) is 0 Å². The zero-order valence-electron chi connectivity index (χ0n) is 15.9. The van der Waals surface area contributed by atoms with E-state index in [0.717, 1.165) is 36.2 Å². The topological polar surface area (TPSA) is 47.2 Å². The van der Waals surface area contributed by atoms with Crippen LogP contribution in [0.1, 0.15) is 22.3 Å². The van der Waals surface area contributed by atoms with Gasteiger partial charge in [0.2, 0.25) is 0 Å². The highest BCUT2D eigenvalue weighted by Gasteiger charge is 2.17. The summed E-state index contributed by atoms with van der Waals surface area (Å²) >= 11 is 0. The second-order valence-corrected chi connectivity index (χ2v) is 7.45. The summed E-state index contributed by atoms with van der Waals surface area (Å²) in [4.78, 5) is 12.5. The fourth-order valence-electron chi connectivity index (χ4n) is 4.18. The van der Waals surface area contributed by atoms with Gasteiger partial charge in [0.25, 0.3) is 0 Å². The fraction of sp³-hybridized carbons (Fsp3) is 0.208. The van der Waals surface area contributed by atoms with Gasteiger partial charge in [0, 0.05) is 6.54 Å². The quantitative estimate of drug-likeness (QED) is 0.586. The number of hydrogen-bond acceptors (Lipinski definition) is 3. The molecule has 2 heterocycles. The molecular formula is C24H22N2O2. The van der Waals surface area contributed by atoms with Crippen molar-refractivity contribution in [2.24, 2.45) is 0 Å². The van der Waals surface area contributed by atoms with Gasteiger partial charge in [-0.1, -0.05) is 48.5 Å². The van der Waals surface area contributed by atoms with Crippen LogP contribution in [-0.4, -0.2) is 11.1 Å². The zero-order valence-corrected chi connectivity index (χ0v) is 15.9. The van der Waals surface area contributed by atoms with Gasteiger partial charge in [0.1, 0.15) is 0 Å². The Morgan fingerprint density at radius 3 is 2.82 bits per heavy atom. The highest BCUT2D eigenvalue weighted by molar-refractivity contribution is 5.75. The van der Waals surface area contributed by atoms with E-state index in [1.165, 1.54) is 22.3 Å². The molecule has 1 aromatic heterocycles. The molecule has 0 bridgehead atoms. The number of aryl methyl sites for hydroxylation is 1. The predicted molar refractivity (Wildman–Crippen MR) is 112 cm³/mol. The molecule has 0 aliphatic carbocycles. The van der Waals surface area contributed by atoms with Crippen molar-refractivity contribution in [3.8, 4) is 11.1 Å². The molecule has 28 heavy (non-hydrogen) atoms. The number of aromatic nitrogens is 1. The number of nitrogens with zero attached hydrogens (tertiary/aromatic N) is 1. The van der Waals surface area contributed by atoms with E-state index >= 15 is 0 Å². The molecule has 4 aromatic rings. The summed E-state index contributed by atoms with van der Waals surface area (Å²) in [5, 5.41) is 3.48. The SMILES string of the molecule is Cc1ccc2c(c1)oc(=O)n2Cc1ccccc1-c1cccc2c1CNCC2. The summed E-state index contributed by atoms with van der Waals surface area (Å²) < 4.78 is 7.21. The van der Waals surface area contributed by atoms with Crippen molar-refractivity contribution in [2.75, 3.05) is 6.54 Å². The summed E-state index contributed by atoms with van der Waals surface area (Å²) in [6.07, 6.45) is 1.05. The van der Waals surface area contributed by atoms with Crippen molar-refractivity contribution in [3.05, 3.63) is 93.5 Å². The van der Waals surface area contributed by atoms with Crippen LogP contribution >= 0.6 is 0 Å². The van der Waals surface area contributed by atoms with E-state index in [1.54, 1.807) is 4.57 Å². The average molecular weight is 370 g/mol. The summed E-state index contributed by atoms with van der Waals surface area (Å²) in [7, 11) is 0. The third-order valence-corrected chi connectivity index (χ3v) is 5.61. The first kappa shape index (κ1) is 17.0. The lowest BCUT2D eigenvalue weighted by Crippen LogP contribution is -2.24. The maximum Gasteiger partial charge on any atom is 0.420 e. The van der Waals surface area contributed by atoms with Crippen LogP contribution in [0.4, 0.5) is 0 Å². The first-order chi connectivity index (χ1) is 13.7. The van der Waals surface area contributed by atoms with Gasteiger partial charge < -0.3 is 9.73 Å². The largest absolute Gasteiger partial charge is 0.420 e. The molecule has 1 aliphatic rings. The Balaban J connectivity index is 1.63. The second-order valence-electron chi connectivity index (χ2n) is 7.45. The van der Waals surface area contributed by atoms with Crippen molar-refractivity contribution in [1.29, 1.82) is 0 Å². The van der Waals surface area contributed by atoms with Crippen molar-refractivity contribution >= 4 is 11.1 Å². The average Bonchev–Trinajstić information content (AvgIpc) is 3.02. The summed E-state index contributed by atoms with van der Waals surface area (Å²) in [6, 6.07) is 20.8.